The zero-order valence-corrected chi connectivity index (χ0v) is 10.5. The standard InChI is InChI=1S/C14H15NO3/c1-4-7-14(9-16)13(17)11-8-10(18-3)5-6-12(11)15(14)2/h4-6,8-9H,1,7H2,2-3H3. The summed E-state index contributed by atoms with van der Waals surface area (Å²) in [6.45, 7) is 3.62. The highest BCUT2D eigenvalue weighted by molar-refractivity contribution is 6.22. The molecular formula is C14H15NO3. The van der Waals surface area contributed by atoms with Crippen molar-refractivity contribution in [2.24, 2.45) is 0 Å². The van der Waals surface area contributed by atoms with Crippen LogP contribution in [-0.2, 0) is 4.79 Å². The summed E-state index contributed by atoms with van der Waals surface area (Å²) in [6.07, 6.45) is 2.58. The Morgan fingerprint density at radius 1 is 1.50 bits per heavy atom. The zero-order chi connectivity index (χ0) is 13.3. The number of hydrogen-bond acceptors (Lipinski definition) is 4. The number of ketones is 1. The molecule has 94 valence electrons. The molecule has 18 heavy (non-hydrogen) atoms. The van der Waals surface area contributed by atoms with Gasteiger partial charge in [0.1, 0.15) is 5.75 Å². The van der Waals surface area contributed by atoms with E-state index in [2.05, 4.69) is 6.58 Å². The van der Waals surface area contributed by atoms with Gasteiger partial charge in [0.25, 0.3) is 0 Å². The Bertz CT molecular complexity index is 524. The largest absolute Gasteiger partial charge is 0.497 e. The van der Waals surface area contributed by atoms with Gasteiger partial charge in [-0.1, -0.05) is 6.08 Å². The van der Waals surface area contributed by atoms with Crippen LogP contribution >= 0.6 is 0 Å². The van der Waals surface area contributed by atoms with E-state index in [0.29, 0.717) is 24.0 Å². The number of likely N-dealkylation sites (N-methyl/N-ethyl adjacent to an activating group) is 1. The Morgan fingerprint density at radius 2 is 2.22 bits per heavy atom. The van der Waals surface area contributed by atoms with Gasteiger partial charge in [-0.15, -0.1) is 6.58 Å². The minimum atomic E-state index is -1.16. The van der Waals surface area contributed by atoms with Gasteiger partial charge in [0.15, 0.2) is 17.6 Å². The third-order valence-electron chi connectivity index (χ3n) is 3.45. The van der Waals surface area contributed by atoms with Gasteiger partial charge in [0, 0.05) is 24.7 Å². The lowest BCUT2D eigenvalue weighted by atomic mass is 9.91. The maximum Gasteiger partial charge on any atom is 0.198 e. The first-order valence-electron chi connectivity index (χ1n) is 5.64. The average molecular weight is 245 g/mol. The topological polar surface area (TPSA) is 46.6 Å². The van der Waals surface area contributed by atoms with Crippen molar-refractivity contribution in [3.8, 4) is 5.75 Å². The Balaban J connectivity index is 2.58. The SMILES string of the molecule is C=CCC1(C=O)C(=O)c2cc(OC)ccc2N1C. The van der Waals surface area contributed by atoms with Gasteiger partial charge in [-0.3, -0.25) is 4.79 Å². The molecule has 0 radical (unpaired) electrons. The van der Waals surface area contributed by atoms with Crippen molar-refractivity contribution < 1.29 is 14.3 Å². The molecule has 0 fully saturated rings. The summed E-state index contributed by atoms with van der Waals surface area (Å²) in [4.78, 5) is 25.6. The molecule has 1 atom stereocenters. The molecule has 0 aromatic heterocycles. The number of carbonyl (C=O) groups is 2. The first kappa shape index (κ1) is 12.4. The molecule has 0 spiro atoms. The van der Waals surface area contributed by atoms with Gasteiger partial charge >= 0.3 is 0 Å². The normalized spacial score (nSPS) is 21.7. The molecule has 1 unspecified atom stereocenters. The van der Waals surface area contributed by atoms with Crippen molar-refractivity contribution in [2.45, 2.75) is 12.0 Å². The second-order valence-electron chi connectivity index (χ2n) is 4.31. The van der Waals surface area contributed by atoms with E-state index >= 15 is 0 Å². The smallest absolute Gasteiger partial charge is 0.198 e. The van der Waals surface area contributed by atoms with Crippen molar-refractivity contribution in [2.75, 3.05) is 19.1 Å². The van der Waals surface area contributed by atoms with Gasteiger partial charge < -0.3 is 14.4 Å². The number of anilines is 1. The molecule has 0 bridgehead atoms. The summed E-state index contributed by atoms with van der Waals surface area (Å²) >= 11 is 0. The van der Waals surface area contributed by atoms with E-state index in [1.165, 1.54) is 0 Å². The fraction of sp³-hybridized carbons (Fsp3) is 0.286. The highest BCUT2D eigenvalue weighted by Gasteiger charge is 2.48. The summed E-state index contributed by atoms with van der Waals surface area (Å²) in [5.41, 5.74) is 0.108. The van der Waals surface area contributed by atoms with Crippen LogP contribution in [0.4, 0.5) is 5.69 Å². The van der Waals surface area contributed by atoms with E-state index in [9.17, 15) is 9.59 Å². The molecule has 2 rings (SSSR count). The van der Waals surface area contributed by atoms with Crippen LogP contribution in [0.2, 0.25) is 0 Å². The lowest BCUT2D eigenvalue weighted by Crippen LogP contribution is -2.49. The van der Waals surface area contributed by atoms with Crippen LogP contribution in [-0.4, -0.2) is 31.8 Å². The summed E-state index contributed by atoms with van der Waals surface area (Å²) in [5.74, 6) is 0.407. The van der Waals surface area contributed by atoms with Crippen LogP contribution in [0.1, 0.15) is 16.8 Å². The Kier molecular flexibility index (Phi) is 2.95. The van der Waals surface area contributed by atoms with Gasteiger partial charge in [-0.2, -0.15) is 0 Å². The van der Waals surface area contributed by atoms with E-state index in [1.807, 2.05) is 0 Å². The van der Waals surface area contributed by atoms with Crippen molar-refractivity contribution in [1.29, 1.82) is 0 Å². The molecule has 0 saturated heterocycles. The number of aldehydes is 1. The highest BCUT2D eigenvalue weighted by atomic mass is 16.5. The Morgan fingerprint density at radius 3 is 2.78 bits per heavy atom. The number of methoxy groups -OCH3 is 1. The third kappa shape index (κ3) is 1.45. The van der Waals surface area contributed by atoms with E-state index in [1.54, 1.807) is 43.3 Å². The molecule has 1 aliphatic heterocycles. The van der Waals surface area contributed by atoms with Crippen molar-refractivity contribution in [1.82, 2.24) is 0 Å². The van der Waals surface area contributed by atoms with Crippen molar-refractivity contribution >= 4 is 17.8 Å². The number of carbonyl (C=O) groups excluding carboxylic acids is 2. The Labute approximate surface area is 106 Å². The van der Waals surface area contributed by atoms with E-state index in [0.717, 1.165) is 5.69 Å². The molecule has 0 aliphatic carbocycles. The zero-order valence-electron chi connectivity index (χ0n) is 10.5. The number of rotatable bonds is 4. The monoisotopic (exact) mass is 245 g/mol. The predicted molar refractivity (Wildman–Crippen MR) is 69.3 cm³/mol. The van der Waals surface area contributed by atoms with Crippen molar-refractivity contribution in [3.05, 3.63) is 36.4 Å². The third-order valence-corrected chi connectivity index (χ3v) is 3.45. The molecule has 1 heterocycles. The molecule has 1 aromatic carbocycles. The maximum absolute atomic E-state index is 12.4. The summed E-state index contributed by atoms with van der Waals surface area (Å²) < 4.78 is 5.11. The lowest BCUT2D eigenvalue weighted by molar-refractivity contribution is -0.110. The number of benzene rings is 1. The van der Waals surface area contributed by atoms with Crippen LogP contribution < -0.4 is 9.64 Å². The second-order valence-corrected chi connectivity index (χ2v) is 4.31. The first-order valence-corrected chi connectivity index (χ1v) is 5.64. The molecule has 0 amide bonds. The van der Waals surface area contributed by atoms with Gasteiger partial charge in [-0.05, 0) is 18.2 Å². The number of ether oxygens (including phenoxy) is 1. The number of hydrogen-bond donors (Lipinski definition) is 0. The van der Waals surface area contributed by atoms with Crippen LogP contribution in [0, 0.1) is 0 Å². The number of Topliss-reactive ketones (excluding diaryl/α,β-unsaturated/α-hetero) is 1. The molecular weight excluding hydrogens is 230 g/mol. The van der Waals surface area contributed by atoms with Crippen LogP contribution in [0.5, 0.6) is 5.75 Å². The minimum absolute atomic E-state index is 0.200. The summed E-state index contributed by atoms with van der Waals surface area (Å²) in [7, 11) is 3.29. The Hall–Kier alpha value is -2.10. The first-order chi connectivity index (χ1) is 8.60. The van der Waals surface area contributed by atoms with Crippen LogP contribution in [0.25, 0.3) is 0 Å². The van der Waals surface area contributed by atoms with Crippen LogP contribution in [0.15, 0.2) is 30.9 Å². The maximum atomic E-state index is 12.4. The van der Waals surface area contributed by atoms with Gasteiger partial charge in [-0.25, -0.2) is 0 Å². The lowest BCUT2D eigenvalue weighted by Gasteiger charge is -2.29. The summed E-state index contributed by atoms with van der Waals surface area (Å²) in [6, 6.07) is 5.24. The summed E-state index contributed by atoms with van der Waals surface area (Å²) in [5, 5.41) is 0. The van der Waals surface area contributed by atoms with Gasteiger partial charge in [0.2, 0.25) is 0 Å². The molecule has 0 saturated carbocycles. The molecule has 0 N–H and O–H groups in total. The fourth-order valence-electron chi connectivity index (χ4n) is 2.35. The molecule has 1 aliphatic rings. The van der Waals surface area contributed by atoms with Gasteiger partial charge in [0.05, 0.1) is 7.11 Å². The number of fused-ring (bicyclic) bond motifs is 1. The van der Waals surface area contributed by atoms with E-state index in [-0.39, 0.29) is 5.78 Å². The minimum Gasteiger partial charge on any atom is -0.497 e. The van der Waals surface area contributed by atoms with E-state index in [4.69, 9.17) is 4.74 Å². The fourth-order valence-corrected chi connectivity index (χ4v) is 2.35. The molecule has 1 aromatic rings. The van der Waals surface area contributed by atoms with Crippen molar-refractivity contribution in [3.63, 3.8) is 0 Å². The number of nitrogens with zero attached hydrogens (tertiary/aromatic N) is 1. The average Bonchev–Trinajstić information content (AvgIpc) is 2.61. The second kappa shape index (κ2) is 4.29. The van der Waals surface area contributed by atoms with E-state index < -0.39 is 5.54 Å². The highest BCUT2D eigenvalue weighted by Crippen LogP contribution is 2.40. The van der Waals surface area contributed by atoms with Crippen LogP contribution in [0.3, 0.4) is 0 Å². The quantitative estimate of drug-likeness (QED) is 0.461. The molecule has 4 nitrogen and oxygen atoms in total. The molecule has 4 heteroatoms. The predicted octanol–water partition coefficient (Wildman–Crippen LogP) is 1.84.